The molecule has 2 heterocycles. The van der Waals surface area contributed by atoms with Crippen LogP contribution in [0.25, 0.3) is 0 Å². The SMILES string of the molecule is CNC(=O)[C@@H](CC(=O)c1nc(Br)n2c1CN(C(=O)OC(C)(C)C)CCC2)CC(C)C.OB(O)c1ccc(Cl)cc1F. The van der Waals surface area contributed by atoms with Gasteiger partial charge >= 0.3 is 13.2 Å². The number of halogens is 3. The molecule has 1 atom stereocenters. The van der Waals surface area contributed by atoms with Crippen molar-refractivity contribution in [1.82, 2.24) is 19.8 Å². The van der Waals surface area contributed by atoms with Crippen LogP contribution in [-0.4, -0.2) is 68.6 Å². The van der Waals surface area contributed by atoms with Gasteiger partial charge in [0.15, 0.2) is 10.5 Å². The summed E-state index contributed by atoms with van der Waals surface area (Å²) >= 11 is 8.86. The van der Waals surface area contributed by atoms with Gasteiger partial charge in [-0.15, -0.1) is 0 Å². The van der Waals surface area contributed by atoms with Crippen LogP contribution in [0.1, 0.15) is 70.1 Å². The first-order chi connectivity index (χ1) is 19.0. The number of benzene rings is 1. The second-order valence-corrected chi connectivity index (χ2v) is 12.3. The Morgan fingerprint density at radius 3 is 2.44 bits per heavy atom. The summed E-state index contributed by atoms with van der Waals surface area (Å²) < 4.78 is 20.7. The number of ether oxygens (including phenoxy) is 1. The number of carbonyl (C=O) groups is 3. The lowest BCUT2D eigenvalue weighted by atomic mass is 9.80. The zero-order chi connectivity index (χ0) is 31.1. The van der Waals surface area contributed by atoms with Gasteiger partial charge in [0.25, 0.3) is 0 Å². The number of hydrogen-bond acceptors (Lipinski definition) is 7. The van der Waals surface area contributed by atoms with Gasteiger partial charge in [0, 0.05) is 43.0 Å². The number of nitrogens with zero attached hydrogens (tertiary/aromatic N) is 3. The lowest BCUT2D eigenvalue weighted by molar-refractivity contribution is -0.124. The van der Waals surface area contributed by atoms with Crippen molar-refractivity contribution < 1.29 is 33.6 Å². The van der Waals surface area contributed by atoms with Crippen LogP contribution in [0.3, 0.4) is 0 Å². The molecule has 1 aliphatic rings. The maximum atomic E-state index is 13.1. The fourth-order valence-corrected chi connectivity index (χ4v) is 5.04. The summed E-state index contributed by atoms with van der Waals surface area (Å²) in [7, 11) is -0.204. The summed E-state index contributed by atoms with van der Waals surface area (Å²) in [5, 5.41) is 20.0. The molecule has 0 saturated heterocycles. The van der Waals surface area contributed by atoms with Gasteiger partial charge in [-0.25, -0.2) is 14.2 Å². The number of ketones is 1. The monoisotopic (exact) mass is 658 g/mol. The second kappa shape index (κ2) is 15.1. The smallest absolute Gasteiger partial charge is 0.444 e. The van der Waals surface area contributed by atoms with E-state index < -0.39 is 30.5 Å². The molecule has 0 saturated carbocycles. The topological polar surface area (TPSA) is 134 Å². The molecule has 1 aromatic carbocycles. The third-order valence-corrected chi connectivity index (χ3v) is 6.98. The second-order valence-electron chi connectivity index (χ2n) is 11.2. The lowest BCUT2D eigenvalue weighted by Crippen LogP contribution is -2.37. The number of hydrogen-bond donors (Lipinski definition) is 3. The standard InChI is InChI=1S/C21H33BrN4O4.C6H5BClFO2/c1-13(2)10-14(18(28)23-6)11-16(27)17-15-12-25(20(29)30-21(3,4)5)8-7-9-26(15)19(22)24-17;8-4-1-2-5(7(10)11)6(9)3-4/h13-14H,7-12H2,1-6H3,(H,23,28);1-3,10-11H/t14-;/m1./s1. The maximum Gasteiger partial charge on any atom is 0.491 e. The van der Waals surface area contributed by atoms with E-state index in [-0.39, 0.29) is 41.1 Å². The first-order valence-corrected chi connectivity index (χ1v) is 14.5. The van der Waals surface area contributed by atoms with Crippen molar-refractivity contribution in [1.29, 1.82) is 0 Å². The number of nitrogens with one attached hydrogen (secondary N) is 1. The molecule has 3 N–H and O–H groups in total. The van der Waals surface area contributed by atoms with E-state index in [2.05, 4.69) is 26.2 Å². The van der Waals surface area contributed by atoms with Crippen LogP contribution in [0.15, 0.2) is 22.9 Å². The Labute approximate surface area is 253 Å². The number of fused-ring (bicyclic) bond motifs is 1. The van der Waals surface area contributed by atoms with Crippen molar-refractivity contribution in [2.45, 2.75) is 72.6 Å². The summed E-state index contributed by atoms with van der Waals surface area (Å²) in [6.45, 7) is 10.9. The third-order valence-electron chi connectivity index (χ3n) is 6.14. The Bertz CT molecular complexity index is 1240. The highest BCUT2D eigenvalue weighted by atomic mass is 79.9. The predicted octanol–water partition coefficient (Wildman–Crippen LogP) is 3.93. The van der Waals surface area contributed by atoms with Crippen LogP contribution in [-0.2, 0) is 22.6 Å². The van der Waals surface area contributed by atoms with Crippen LogP contribution in [0, 0.1) is 17.7 Å². The molecule has 3 rings (SSSR count). The number of rotatable bonds is 7. The largest absolute Gasteiger partial charge is 0.491 e. The summed E-state index contributed by atoms with van der Waals surface area (Å²) in [5.74, 6) is -1.17. The Kier molecular flexibility index (Phi) is 12.8. The highest BCUT2D eigenvalue weighted by molar-refractivity contribution is 9.10. The highest BCUT2D eigenvalue weighted by Crippen LogP contribution is 2.26. The van der Waals surface area contributed by atoms with Crippen molar-refractivity contribution in [2.75, 3.05) is 13.6 Å². The highest BCUT2D eigenvalue weighted by Gasteiger charge is 2.31. The Balaban J connectivity index is 0.000000446. The normalized spacial score (nSPS) is 13.9. The van der Waals surface area contributed by atoms with Crippen LogP contribution in [0.4, 0.5) is 9.18 Å². The minimum absolute atomic E-state index is 0.0841. The minimum Gasteiger partial charge on any atom is -0.444 e. The molecule has 2 aromatic rings. The average Bonchev–Trinajstić information content (AvgIpc) is 3.01. The molecular formula is C27H38BBrClFN4O6. The molecule has 1 aromatic heterocycles. The van der Waals surface area contributed by atoms with E-state index in [1.165, 1.54) is 12.1 Å². The van der Waals surface area contributed by atoms with E-state index in [4.69, 9.17) is 26.4 Å². The van der Waals surface area contributed by atoms with Gasteiger partial charge in [-0.3, -0.25) is 9.59 Å². The zero-order valence-corrected chi connectivity index (χ0v) is 26.6. The average molecular weight is 660 g/mol. The molecule has 226 valence electrons. The van der Waals surface area contributed by atoms with Crippen LogP contribution >= 0.6 is 27.5 Å². The molecule has 0 fully saturated rings. The molecule has 0 radical (unpaired) electrons. The number of aromatic nitrogens is 2. The van der Waals surface area contributed by atoms with Crippen molar-refractivity contribution >= 4 is 57.9 Å². The molecule has 1 aliphatic heterocycles. The molecular weight excluding hydrogens is 621 g/mol. The van der Waals surface area contributed by atoms with Crippen LogP contribution < -0.4 is 10.8 Å². The van der Waals surface area contributed by atoms with Crippen molar-refractivity contribution in [3.05, 3.63) is 45.2 Å². The third kappa shape index (κ3) is 10.4. The van der Waals surface area contributed by atoms with Gasteiger partial charge in [0.1, 0.15) is 17.1 Å². The molecule has 0 spiro atoms. The van der Waals surface area contributed by atoms with E-state index in [9.17, 15) is 18.8 Å². The van der Waals surface area contributed by atoms with E-state index in [0.717, 1.165) is 12.5 Å². The van der Waals surface area contributed by atoms with Gasteiger partial charge in [-0.1, -0.05) is 31.5 Å². The van der Waals surface area contributed by atoms with Gasteiger partial charge in [0.05, 0.1) is 12.2 Å². The lowest BCUT2D eigenvalue weighted by Gasteiger charge is -2.26. The molecule has 41 heavy (non-hydrogen) atoms. The Morgan fingerprint density at radius 1 is 1.24 bits per heavy atom. The van der Waals surface area contributed by atoms with Gasteiger partial charge < -0.3 is 29.6 Å². The van der Waals surface area contributed by atoms with Gasteiger partial charge in [0.2, 0.25) is 5.91 Å². The first-order valence-electron chi connectivity index (χ1n) is 13.3. The van der Waals surface area contributed by atoms with Gasteiger partial charge in [-0.05, 0) is 67.6 Å². The van der Waals surface area contributed by atoms with E-state index in [1.807, 2.05) is 39.2 Å². The van der Waals surface area contributed by atoms with E-state index in [0.29, 0.717) is 35.6 Å². The zero-order valence-electron chi connectivity index (χ0n) is 24.2. The fraction of sp³-hybridized carbons (Fsp3) is 0.556. The van der Waals surface area contributed by atoms with E-state index in [1.54, 1.807) is 11.9 Å². The Hall–Kier alpha value is -2.48. The first kappa shape index (κ1) is 34.7. The number of Topliss-reactive ketones (excluding diaryl/α,β-unsaturated/α-hetero) is 1. The molecule has 0 aliphatic carbocycles. The number of carbonyl (C=O) groups excluding carboxylic acids is 3. The molecule has 2 amide bonds. The van der Waals surface area contributed by atoms with Crippen molar-refractivity contribution in [3.8, 4) is 0 Å². The van der Waals surface area contributed by atoms with Gasteiger partial charge in [-0.2, -0.15) is 0 Å². The number of amides is 2. The fourth-order valence-electron chi connectivity index (χ4n) is 4.32. The molecule has 10 nitrogen and oxygen atoms in total. The van der Waals surface area contributed by atoms with Crippen molar-refractivity contribution in [3.63, 3.8) is 0 Å². The van der Waals surface area contributed by atoms with E-state index >= 15 is 0 Å². The Morgan fingerprint density at radius 2 is 1.90 bits per heavy atom. The molecule has 14 heteroatoms. The van der Waals surface area contributed by atoms with Crippen LogP contribution in [0.2, 0.25) is 5.02 Å². The number of imidazole rings is 1. The van der Waals surface area contributed by atoms with Crippen molar-refractivity contribution in [2.24, 2.45) is 11.8 Å². The summed E-state index contributed by atoms with van der Waals surface area (Å²) in [4.78, 5) is 44.1. The molecule has 0 unspecified atom stereocenters. The summed E-state index contributed by atoms with van der Waals surface area (Å²) in [6.07, 6.45) is 1.02. The maximum absolute atomic E-state index is 13.1. The minimum atomic E-state index is -1.78. The summed E-state index contributed by atoms with van der Waals surface area (Å²) in [6, 6.07) is 3.64. The summed E-state index contributed by atoms with van der Waals surface area (Å²) in [5.41, 5.74) is 0.223. The molecule has 0 bridgehead atoms. The quantitative estimate of drug-likeness (QED) is 0.303. The predicted molar refractivity (Wildman–Crippen MR) is 158 cm³/mol. The van der Waals surface area contributed by atoms with Crippen LogP contribution in [0.5, 0.6) is 0 Å².